The van der Waals surface area contributed by atoms with E-state index in [9.17, 15) is 0 Å². The van der Waals surface area contributed by atoms with Gasteiger partial charge in [-0.1, -0.05) is 155 Å². The van der Waals surface area contributed by atoms with Gasteiger partial charge in [-0.05, 0) is 69.2 Å². The van der Waals surface area contributed by atoms with Crippen molar-refractivity contribution in [3.05, 3.63) is 235 Å². The molecule has 10 rings (SSSR count). The summed E-state index contributed by atoms with van der Waals surface area (Å²) in [5, 5.41) is 2.20. The zero-order valence-electron chi connectivity index (χ0n) is 35.0. The van der Waals surface area contributed by atoms with Crippen LogP contribution >= 0.6 is 0 Å². The normalized spacial score (nSPS) is 11.7. The minimum atomic E-state index is -0.228. The Morgan fingerprint density at radius 2 is 1.18 bits per heavy atom. The zero-order valence-corrected chi connectivity index (χ0v) is 37.3. The number of fused-ring (bicyclic) bond motifs is 3. The van der Waals surface area contributed by atoms with Gasteiger partial charge in [0.05, 0.1) is 5.69 Å². The van der Waals surface area contributed by atoms with E-state index in [0.29, 0.717) is 11.5 Å². The molecule has 0 radical (unpaired) electrons. The van der Waals surface area contributed by atoms with Crippen molar-refractivity contribution in [2.75, 3.05) is 0 Å². The summed E-state index contributed by atoms with van der Waals surface area (Å²) in [6, 6.07) is 68.6. The first kappa shape index (κ1) is 40.6. The molecule has 0 spiro atoms. The molecule has 10 aromatic rings. The molecular formula is C56H44N4OPt-2. The van der Waals surface area contributed by atoms with Crippen molar-refractivity contribution in [2.24, 2.45) is 0 Å². The van der Waals surface area contributed by atoms with Crippen LogP contribution in [0.15, 0.2) is 195 Å². The molecule has 0 saturated heterocycles. The minimum Gasteiger partial charge on any atom is -0.510 e. The fourth-order valence-electron chi connectivity index (χ4n) is 8.41. The first-order valence-corrected chi connectivity index (χ1v) is 20.7. The summed E-state index contributed by atoms with van der Waals surface area (Å²) in [4.78, 5) is 4.93. The molecule has 0 N–H and O–H groups in total. The van der Waals surface area contributed by atoms with Crippen LogP contribution in [-0.2, 0) is 31.9 Å². The van der Waals surface area contributed by atoms with Crippen molar-refractivity contribution in [1.29, 1.82) is 0 Å². The molecule has 0 amide bonds. The molecule has 0 atom stereocenters. The smallest absolute Gasteiger partial charge is 0.267 e. The van der Waals surface area contributed by atoms with Gasteiger partial charge in [0.2, 0.25) is 0 Å². The number of nitrogens with zero attached hydrogens (tertiary/aromatic N) is 4. The van der Waals surface area contributed by atoms with Crippen LogP contribution in [0.3, 0.4) is 0 Å². The van der Waals surface area contributed by atoms with Crippen molar-refractivity contribution in [3.63, 3.8) is 0 Å². The Hall–Kier alpha value is -6.81. The number of aromatic nitrogens is 4. The van der Waals surface area contributed by atoms with E-state index in [1.807, 2.05) is 45.9 Å². The monoisotopic (exact) mass is 983 g/mol. The summed E-state index contributed by atoms with van der Waals surface area (Å²) in [6.45, 7) is 9.05. The molecule has 0 aliphatic carbocycles. The SMILES string of the molecule is CC(C)(c1ccccc1)c1ccc(-[n+]2[c-]n(-c3[c-]c(Oc4[c-]c5c(cc4)c4ccccc4n5-c4cc(C(C)(C)c5ccccc5)ccn4)cc(-c4ccccc4)c3)cc2)cc1.[Pt]. The number of pyridine rings is 1. The second kappa shape index (κ2) is 16.6. The first-order chi connectivity index (χ1) is 29.7. The van der Waals surface area contributed by atoms with Gasteiger partial charge in [0.15, 0.2) is 0 Å². The molecule has 306 valence electrons. The van der Waals surface area contributed by atoms with Gasteiger partial charge >= 0.3 is 0 Å². The third-order valence-corrected chi connectivity index (χ3v) is 12.1. The van der Waals surface area contributed by atoms with E-state index >= 15 is 0 Å². The fraction of sp³-hybridized carbons (Fsp3) is 0.107. The van der Waals surface area contributed by atoms with E-state index in [2.05, 4.69) is 208 Å². The Morgan fingerprint density at radius 3 is 1.89 bits per heavy atom. The number of ether oxygens (including phenoxy) is 1. The third kappa shape index (κ3) is 7.59. The summed E-state index contributed by atoms with van der Waals surface area (Å²) >= 11 is 0. The average molecular weight is 984 g/mol. The van der Waals surface area contributed by atoms with Gasteiger partial charge in [-0.2, -0.15) is 12.1 Å². The van der Waals surface area contributed by atoms with Gasteiger partial charge < -0.3 is 13.9 Å². The molecule has 0 unspecified atom stereocenters. The van der Waals surface area contributed by atoms with Gasteiger partial charge in [-0.15, -0.1) is 35.2 Å². The number of para-hydroxylation sites is 1. The maximum atomic E-state index is 6.73. The maximum Gasteiger partial charge on any atom is 0.267 e. The molecule has 3 aromatic heterocycles. The van der Waals surface area contributed by atoms with Crippen molar-refractivity contribution in [1.82, 2.24) is 14.1 Å². The van der Waals surface area contributed by atoms with Crippen molar-refractivity contribution < 1.29 is 30.4 Å². The van der Waals surface area contributed by atoms with Gasteiger partial charge in [-0.3, -0.25) is 4.57 Å². The predicted octanol–water partition coefficient (Wildman–Crippen LogP) is 12.8. The van der Waals surface area contributed by atoms with E-state index in [0.717, 1.165) is 50.1 Å². The summed E-state index contributed by atoms with van der Waals surface area (Å²) in [6.07, 6.45) is 9.45. The number of benzene rings is 7. The number of rotatable bonds is 10. The maximum absolute atomic E-state index is 6.73. The molecule has 5 nitrogen and oxygen atoms in total. The molecule has 0 fully saturated rings. The largest absolute Gasteiger partial charge is 0.510 e. The molecule has 0 bridgehead atoms. The van der Waals surface area contributed by atoms with Crippen molar-refractivity contribution in [2.45, 2.75) is 38.5 Å². The fourth-order valence-corrected chi connectivity index (χ4v) is 8.41. The van der Waals surface area contributed by atoms with E-state index in [1.54, 1.807) is 0 Å². The van der Waals surface area contributed by atoms with Crippen LogP contribution in [0.2, 0.25) is 0 Å². The third-order valence-electron chi connectivity index (χ3n) is 12.1. The summed E-state index contributed by atoms with van der Waals surface area (Å²) in [5.41, 5.74) is 10.4. The van der Waals surface area contributed by atoms with Crippen LogP contribution in [0.25, 0.3) is 50.1 Å². The molecular weight excluding hydrogens is 940 g/mol. The van der Waals surface area contributed by atoms with E-state index < -0.39 is 0 Å². The zero-order chi connectivity index (χ0) is 41.6. The van der Waals surface area contributed by atoms with Gasteiger partial charge in [0.25, 0.3) is 6.33 Å². The minimum absolute atomic E-state index is 0. The van der Waals surface area contributed by atoms with E-state index in [1.165, 1.54) is 22.3 Å². The first-order valence-electron chi connectivity index (χ1n) is 20.7. The molecule has 6 heteroatoms. The molecule has 0 saturated carbocycles. The van der Waals surface area contributed by atoms with Crippen LogP contribution in [-0.4, -0.2) is 14.1 Å². The van der Waals surface area contributed by atoms with Crippen LogP contribution in [0.1, 0.15) is 49.9 Å². The Balaban J connectivity index is 0.00000490. The Labute approximate surface area is 377 Å². The molecule has 62 heavy (non-hydrogen) atoms. The number of hydrogen-bond donors (Lipinski definition) is 0. The Bertz CT molecular complexity index is 3150. The Kier molecular flexibility index (Phi) is 10.8. The topological polar surface area (TPSA) is 35.9 Å². The Morgan fingerprint density at radius 1 is 0.548 bits per heavy atom. The number of hydrogen-bond acceptors (Lipinski definition) is 2. The van der Waals surface area contributed by atoms with Gasteiger partial charge in [0, 0.05) is 67.5 Å². The van der Waals surface area contributed by atoms with E-state index in [-0.39, 0.29) is 31.9 Å². The molecule has 0 aliphatic heterocycles. The predicted molar refractivity (Wildman–Crippen MR) is 245 cm³/mol. The summed E-state index contributed by atoms with van der Waals surface area (Å²) in [5.74, 6) is 1.97. The summed E-state index contributed by atoms with van der Waals surface area (Å²) in [7, 11) is 0. The van der Waals surface area contributed by atoms with Gasteiger partial charge in [-0.25, -0.2) is 4.98 Å². The van der Waals surface area contributed by atoms with Crippen molar-refractivity contribution >= 4 is 21.8 Å². The molecule has 3 heterocycles. The quantitative estimate of drug-likeness (QED) is 0.101. The van der Waals surface area contributed by atoms with Crippen LogP contribution < -0.4 is 9.30 Å². The van der Waals surface area contributed by atoms with Gasteiger partial charge in [0.1, 0.15) is 5.82 Å². The second-order valence-corrected chi connectivity index (χ2v) is 16.6. The number of imidazole rings is 1. The van der Waals surface area contributed by atoms with Crippen molar-refractivity contribution in [3.8, 4) is 39.8 Å². The standard InChI is InChI=1S/C56H44N4O.Pt/c1-55(2,42-18-10-6-11-19-42)44-24-26-46(27-25-44)58-32-33-59(39-58)47-34-41(40-16-8-5-9-17-40)35-49(37-47)61-48-28-29-51-50-22-14-15-23-52(50)60(53(51)38-48)54-36-45(30-31-57-54)56(3,4)43-20-12-7-13-21-43;/h5-36H,1-4H3;/q-2;. The van der Waals surface area contributed by atoms with Crippen LogP contribution in [0.5, 0.6) is 11.5 Å². The molecule has 0 aliphatic rings. The molecule has 7 aromatic carbocycles. The second-order valence-electron chi connectivity index (χ2n) is 16.6. The van der Waals surface area contributed by atoms with Crippen LogP contribution in [0, 0.1) is 18.5 Å². The van der Waals surface area contributed by atoms with Crippen LogP contribution in [0.4, 0.5) is 0 Å². The van der Waals surface area contributed by atoms with E-state index in [4.69, 9.17) is 9.72 Å². The summed E-state index contributed by atoms with van der Waals surface area (Å²) < 4.78 is 12.9. The average Bonchev–Trinajstić information content (AvgIpc) is 3.94.